The molecular formula is C21H25FN4O3. The molecule has 0 radical (unpaired) electrons. The molecule has 6 rings (SSSR count). The van der Waals surface area contributed by atoms with Crippen molar-refractivity contribution in [1.29, 1.82) is 0 Å². The summed E-state index contributed by atoms with van der Waals surface area (Å²) in [5, 5.41) is 8.97. The molecule has 3 amide bonds. The van der Waals surface area contributed by atoms with Gasteiger partial charge in [-0.2, -0.15) is 0 Å². The number of fused-ring (bicyclic) bond motifs is 3. The van der Waals surface area contributed by atoms with E-state index in [1.807, 2.05) is 12.1 Å². The number of rotatable bonds is 5. The summed E-state index contributed by atoms with van der Waals surface area (Å²) in [5.74, 6) is -0.844. The van der Waals surface area contributed by atoms with Crippen LogP contribution in [0.25, 0.3) is 0 Å². The monoisotopic (exact) mass is 400 g/mol. The lowest BCUT2D eigenvalue weighted by atomic mass is 9.57. The molecule has 7 nitrogen and oxygen atoms in total. The Hall–Kier alpha value is -2.32. The Morgan fingerprint density at radius 3 is 2.79 bits per heavy atom. The summed E-state index contributed by atoms with van der Waals surface area (Å²) in [4.78, 5) is 38.1. The number of benzene rings is 1. The second-order valence-corrected chi connectivity index (χ2v) is 9.05. The highest BCUT2D eigenvalue weighted by Gasteiger charge is 2.57. The van der Waals surface area contributed by atoms with Crippen LogP contribution in [0, 0.1) is 5.41 Å². The first-order valence-electron chi connectivity index (χ1n) is 10.2. The van der Waals surface area contributed by atoms with Crippen molar-refractivity contribution < 1.29 is 18.8 Å². The highest BCUT2D eigenvalue weighted by atomic mass is 19.1. The lowest BCUT2D eigenvalue weighted by Gasteiger charge is -2.56. The maximum Gasteiger partial charge on any atom is 0.255 e. The van der Waals surface area contributed by atoms with E-state index < -0.39 is 17.6 Å². The third kappa shape index (κ3) is 3.14. The second kappa shape index (κ2) is 6.60. The van der Waals surface area contributed by atoms with E-state index in [-0.39, 0.29) is 23.7 Å². The molecule has 0 aromatic heterocycles. The van der Waals surface area contributed by atoms with E-state index >= 15 is 0 Å². The molecule has 4 aliphatic heterocycles. The number of nitrogens with zero attached hydrogens (tertiary/aromatic N) is 1. The molecule has 4 heterocycles. The zero-order chi connectivity index (χ0) is 20.2. The first-order valence-corrected chi connectivity index (χ1v) is 10.2. The van der Waals surface area contributed by atoms with E-state index in [1.54, 1.807) is 11.0 Å². The molecule has 4 fully saturated rings. The largest absolute Gasteiger partial charge is 0.322 e. The minimum absolute atomic E-state index is 0.0144. The van der Waals surface area contributed by atoms with Crippen LogP contribution in [-0.4, -0.2) is 54.0 Å². The van der Waals surface area contributed by atoms with E-state index in [2.05, 4.69) is 16.0 Å². The predicted octanol–water partition coefficient (Wildman–Crippen LogP) is 0.629. The SMILES string of the molecule is O=C1CCC(N2Cc3c(CNCC45CNCC(F)(C4)C5)cccc3C2=O)C(=O)N1. The summed E-state index contributed by atoms with van der Waals surface area (Å²) in [6, 6.07) is 5.04. The van der Waals surface area contributed by atoms with Crippen LogP contribution in [-0.2, 0) is 22.7 Å². The summed E-state index contributed by atoms with van der Waals surface area (Å²) in [6.45, 7) is 3.00. The molecular weight excluding hydrogens is 375 g/mol. The van der Waals surface area contributed by atoms with Crippen molar-refractivity contribution in [2.45, 2.75) is 50.5 Å². The Bertz CT molecular complexity index is 896. The first kappa shape index (κ1) is 18.7. The Labute approximate surface area is 168 Å². The Kier molecular flexibility index (Phi) is 4.25. The Morgan fingerprint density at radius 1 is 1.21 bits per heavy atom. The van der Waals surface area contributed by atoms with Crippen molar-refractivity contribution in [2.24, 2.45) is 5.41 Å². The summed E-state index contributed by atoms with van der Waals surface area (Å²) in [6.07, 6.45) is 1.82. The molecule has 8 heteroatoms. The average Bonchev–Trinajstić information content (AvgIpc) is 2.99. The quantitative estimate of drug-likeness (QED) is 0.631. The van der Waals surface area contributed by atoms with Crippen LogP contribution in [0.2, 0.25) is 0 Å². The fraction of sp³-hybridized carbons (Fsp3) is 0.571. The van der Waals surface area contributed by atoms with Gasteiger partial charge in [0.1, 0.15) is 11.7 Å². The molecule has 1 atom stereocenters. The lowest BCUT2D eigenvalue weighted by Crippen LogP contribution is -2.66. The number of alkyl halides is 1. The van der Waals surface area contributed by atoms with Crippen molar-refractivity contribution in [3.8, 4) is 0 Å². The second-order valence-electron chi connectivity index (χ2n) is 9.05. The highest BCUT2D eigenvalue weighted by Crippen LogP contribution is 2.52. The van der Waals surface area contributed by atoms with Gasteiger partial charge in [-0.05, 0) is 36.5 Å². The first-order chi connectivity index (χ1) is 13.9. The molecule has 1 aromatic carbocycles. The van der Waals surface area contributed by atoms with Gasteiger partial charge in [-0.3, -0.25) is 19.7 Å². The number of nitrogens with one attached hydrogen (secondary N) is 3. The van der Waals surface area contributed by atoms with E-state index in [4.69, 9.17) is 0 Å². The molecule has 29 heavy (non-hydrogen) atoms. The van der Waals surface area contributed by atoms with Crippen LogP contribution >= 0.6 is 0 Å². The van der Waals surface area contributed by atoms with Gasteiger partial charge >= 0.3 is 0 Å². The molecule has 0 spiro atoms. The zero-order valence-corrected chi connectivity index (χ0v) is 16.2. The fourth-order valence-electron chi connectivity index (χ4n) is 5.56. The number of halogens is 1. The van der Waals surface area contributed by atoms with Gasteiger partial charge < -0.3 is 15.5 Å². The van der Waals surface area contributed by atoms with Crippen LogP contribution in [0.15, 0.2) is 18.2 Å². The van der Waals surface area contributed by atoms with Gasteiger partial charge in [0, 0.05) is 50.1 Å². The van der Waals surface area contributed by atoms with Crippen molar-refractivity contribution in [3.63, 3.8) is 0 Å². The van der Waals surface area contributed by atoms with E-state index in [0.717, 1.165) is 24.2 Å². The van der Waals surface area contributed by atoms with Gasteiger partial charge in [0.25, 0.3) is 5.91 Å². The molecule has 1 aliphatic carbocycles. The van der Waals surface area contributed by atoms with Crippen molar-refractivity contribution >= 4 is 17.7 Å². The van der Waals surface area contributed by atoms with Gasteiger partial charge in [-0.1, -0.05) is 12.1 Å². The predicted molar refractivity (Wildman–Crippen MR) is 103 cm³/mol. The highest BCUT2D eigenvalue weighted by molar-refractivity contribution is 6.05. The zero-order valence-electron chi connectivity index (χ0n) is 16.2. The van der Waals surface area contributed by atoms with Gasteiger partial charge in [0.15, 0.2) is 0 Å². The van der Waals surface area contributed by atoms with E-state index in [0.29, 0.717) is 44.5 Å². The summed E-state index contributed by atoms with van der Waals surface area (Å²) in [5.41, 5.74) is 1.53. The number of hydrogen-bond donors (Lipinski definition) is 3. The van der Waals surface area contributed by atoms with Crippen molar-refractivity contribution in [3.05, 3.63) is 34.9 Å². The van der Waals surface area contributed by atoms with Crippen LogP contribution in [0.4, 0.5) is 4.39 Å². The van der Waals surface area contributed by atoms with E-state index in [9.17, 15) is 18.8 Å². The number of amides is 3. The standard InChI is InChI=1S/C21H25FN4O3/c22-21-8-20(9-21,11-24-12-21)10-23-6-13-2-1-3-14-15(13)7-26(19(14)29)16-4-5-17(27)25-18(16)28/h1-3,16,23-24H,4-12H2,(H,25,27,28). The third-order valence-electron chi connectivity index (χ3n) is 6.82. The summed E-state index contributed by atoms with van der Waals surface area (Å²) >= 11 is 0. The molecule has 2 bridgehead atoms. The minimum Gasteiger partial charge on any atom is -0.322 e. The smallest absolute Gasteiger partial charge is 0.255 e. The summed E-state index contributed by atoms with van der Waals surface area (Å²) in [7, 11) is 0. The Balaban J connectivity index is 1.26. The molecule has 5 aliphatic rings. The number of carbonyl (C=O) groups excluding carboxylic acids is 3. The molecule has 1 saturated carbocycles. The van der Waals surface area contributed by atoms with Gasteiger partial charge in [-0.15, -0.1) is 0 Å². The average molecular weight is 400 g/mol. The molecule has 1 unspecified atom stereocenters. The number of imide groups is 1. The van der Waals surface area contributed by atoms with E-state index in [1.165, 1.54) is 0 Å². The topological polar surface area (TPSA) is 90.5 Å². The number of carbonyl (C=O) groups is 3. The molecule has 1 aromatic rings. The third-order valence-corrected chi connectivity index (χ3v) is 6.82. The number of hydrogen-bond acceptors (Lipinski definition) is 5. The molecule has 3 N–H and O–H groups in total. The molecule has 3 saturated heterocycles. The maximum absolute atomic E-state index is 14.2. The van der Waals surface area contributed by atoms with Crippen molar-refractivity contribution in [2.75, 3.05) is 19.6 Å². The minimum atomic E-state index is -1.04. The maximum atomic E-state index is 14.2. The fourth-order valence-corrected chi connectivity index (χ4v) is 5.56. The van der Waals surface area contributed by atoms with Gasteiger partial charge in [0.2, 0.25) is 11.8 Å². The van der Waals surface area contributed by atoms with Crippen LogP contribution in [0.1, 0.15) is 47.2 Å². The Morgan fingerprint density at radius 2 is 2.03 bits per heavy atom. The molecule has 154 valence electrons. The van der Waals surface area contributed by atoms with Gasteiger partial charge in [0.05, 0.1) is 0 Å². The van der Waals surface area contributed by atoms with Crippen LogP contribution in [0.5, 0.6) is 0 Å². The summed E-state index contributed by atoms with van der Waals surface area (Å²) < 4.78 is 14.2. The van der Waals surface area contributed by atoms with Gasteiger partial charge in [-0.25, -0.2) is 4.39 Å². The van der Waals surface area contributed by atoms with Crippen LogP contribution < -0.4 is 16.0 Å². The van der Waals surface area contributed by atoms with Crippen LogP contribution in [0.3, 0.4) is 0 Å². The van der Waals surface area contributed by atoms with Crippen molar-refractivity contribution in [1.82, 2.24) is 20.9 Å². The normalized spacial score (nSPS) is 33.3. The number of piperidine rings is 3. The lowest BCUT2D eigenvalue weighted by molar-refractivity contribution is -0.136.